The van der Waals surface area contributed by atoms with E-state index in [9.17, 15) is 9.90 Å². The van der Waals surface area contributed by atoms with Crippen LogP contribution in [-0.2, 0) is 9.53 Å². The number of hydrogen-bond donors (Lipinski definition) is 2. The highest BCUT2D eigenvalue weighted by atomic mass is 35.5. The third-order valence-corrected chi connectivity index (χ3v) is 3.35. The number of hydrogen-bond acceptors (Lipinski definition) is 3. The Morgan fingerprint density at radius 3 is 2.20 bits per heavy atom. The van der Waals surface area contributed by atoms with E-state index in [1.807, 2.05) is 0 Å². The summed E-state index contributed by atoms with van der Waals surface area (Å²) in [6.45, 7) is 2.59. The second-order valence-electron chi connectivity index (χ2n) is 4.81. The maximum absolute atomic E-state index is 11.6. The number of halogens is 1. The molecule has 0 aliphatic heterocycles. The smallest absolute Gasteiger partial charge is 0.393 e. The molecule has 0 saturated carbocycles. The first kappa shape index (κ1) is 19.3. The Balaban J connectivity index is 3.62. The molecule has 0 saturated heterocycles. The fourth-order valence-electron chi connectivity index (χ4n) is 1.87. The Morgan fingerprint density at radius 1 is 1.15 bits per heavy atom. The molecule has 0 aromatic heterocycles. The summed E-state index contributed by atoms with van der Waals surface area (Å²) in [5.74, 6) is -0.863. The van der Waals surface area contributed by atoms with Gasteiger partial charge >= 0.3 is 5.97 Å². The predicted molar refractivity (Wildman–Crippen MR) is 81.2 cm³/mol. The van der Waals surface area contributed by atoms with Gasteiger partial charge in [0.25, 0.3) is 0 Å². The molecule has 3 N–H and O–H groups in total. The van der Waals surface area contributed by atoms with Crippen molar-refractivity contribution in [3.05, 3.63) is 18.5 Å². The molecule has 0 radical (unpaired) electrons. The zero-order valence-electron chi connectivity index (χ0n) is 12.5. The largest absolute Gasteiger partial charge is 0.505 e. The highest BCUT2D eigenvalue weighted by molar-refractivity contribution is 6.19. The molecular formula is C15H28ClNO3. The number of alkyl halides is 1. The fourth-order valence-corrected chi connectivity index (χ4v) is 2.01. The minimum atomic E-state index is -0.555. The van der Waals surface area contributed by atoms with Gasteiger partial charge in [0.05, 0.1) is 12.5 Å². The summed E-state index contributed by atoms with van der Waals surface area (Å²) in [5.41, 5.74) is 0.0552. The van der Waals surface area contributed by atoms with Gasteiger partial charge in [-0.05, 0) is 6.42 Å². The molecule has 0 rings (SSSR count). The first-order valence-corrected chi connectivity index (χ1v) is 7.98. The van der Waals surface area contributed by atoms with Gasteiger partial charge in [-0.3, -0.25) is 0 Å². The molecule has 0 bridgehead atoms. The van der Waals surface area contributed by atoms with E-state index in [4.69, 9.17) is 16.3 Å². The van der Waals surface area contributed by atoms with E-state index in [0.717, 1.165) is 12.8 Å². The van der Waals surface area contributed by atoms with Gasteiger partial charge in [0.1, 0.15) is 0 Å². The Bertz CT molecular complexity index is 293. The molecule has 0 aliphatic rings. The number of nitrogens with two attached hydrogens (primary N) is 1. The maximum Gasteiger partial charge on any atom is 0.393 e. The van der Waals surface area contributed by atoms with Crippen molar-refractivity contribution in [3.8, 4) is 0 Å². The van der Waals surface area contributed by atoms with Crippen LogP contribution in [0, 0.1) is 7.05 Å². The van der Waals surface area contributed by atoms with Gasteiger partial charge < -0.3 is 15.2 Å². The highest BCUT2D eigenvalue weighted by Gasteiger charge is 2.17. The molecule has 118 valence electrons. The van der Waals surface area contributed by atoms with Crippen molar-refractivity contribution in [2.24, 2.45) is 0 Å². The molecule has 0 aromatic rings. The van der Waals surface area contributed by atoms with Crippen LogP contribution >= 0.6 is 11.6 Å². The van der Waals surface area contributed by atoms with Gasteiger partial charge in [0.2, 0.25) is 5.70 Å². The number of rotatable bonds is 12. The summed E-state index contributed by atoms with van der Waals surface area (Å²) in [6.07, 6.45) is 9.54. The fraction of sp³-hybridized carbons (Fsp3) is 0.733. The van der Waals surface area contributed by atoms with E-state index < -0.39 is 5.97 Å². The molecule has 0 fully saturated rings. The van der Waals surface area contributed by atoms with Crippen LogP contribution in [0.5, 0.6) is 0 Å². The Kier molecular flexibility index (Phi) is 12.8. The average molecular weight is 306 g/mol. The molecular weight excluding hydrogens is 278 g/mol. The molecule has 0 heterocycles. The van der Waals surface area contributed by atoms with Gasteiger partial charge in [-0.1, -0.05) is 51.9 Å². The molecule has 0 aromatic carbocycles. The van der Waals surface area contributed by atoms with Gasteiger partial charge in [-0.25, -0.2) is 4.79 Å². The summed E-state index contributed by atoms with van der Waals surface area (Å²) in [4.78, 5) is 11.6. The molecule has 0 spiro atoms. The lowest BCUT2D eigenvalue weighted by Crippen LogP contribution is -2.77. The second-order valence-corrected chi connectivity index (χ2v) is 5.08. The van der Waals surface area contributed by atoms with E-state index in [1.54, 1.807) is 0 Å². The van der Waals surface area contributed by atoms with Crippen LogP contribution < -0.4 is 5.32 Å². The number of aliphatic hydroxyl groups excluding tert-OH is 1. The Morgan fingerprint density at radius 2 is 1.70 bits per heavy atom. The van der Waals surface area contributed by atoms with Gasteiger partial charge in [-0.2, -0.15) is 0 Å². The van der Waals surface area contributed by atoms with Crippen LogP contribution in [0.3, 0.4) is 0 Å². The summed E-state index contributed by atoms with van der Waals surface area (Å²) < 4.78 is 5.08. The van der Waals surface area contributed by atoms with Crippen molar-refractivity contribution in [2.45, 2.75) is 58.3 Å². The number of carbonyl (C=O) groups excluding carboxylic acids is 1. The first-order chi connectivity index (χ1) is 9.67. The Labute approximate surface area is 127 Å². The topological polar surface area (TPSA) is 63.1 Å². The van der Waals surface area contributed by atoms with Crippen molar-refractivity contribution < 1.29 is 20.0 Å². The lowest BCUT2D eigenvalue weighted by molar-refractivity contribution is -0.540. The Hall–Kier alpha value is -0.740. The zero-order chi connectivity index (χ0) is 15.2. The minimum Gasteiger partial charge on any atom is -0.505 e. The van der Waals surface area contributed by atoms with E-state index in [0.29, 0.717) is 6.61 Å². The summed E-state index contributed by atoms with van der Waals surface area (Å²) in [5, 5.41) is 10.7. The third-order valence-electron chi connectivity index (χ3n) is 3.09. The predicted octanol–water partition coefficient (Wildman–Crippen LogP) is 3.03. The van der Waals surface area contributed by atoms with E-state index in [1.165, 1.54) is 43.8 Å². The summed E-state index contributed by atoms with van der Waals surface area (Å²) in [7, 11) is 3.47. The standard InChI is InChI=1S/C15H28ClNO3/c1-3-4-5-6-7-8-9-10-11-20-15(19)14(17-2)13(18)12-16/h18H,2-12,17H2,1H3/b14-13+. The average Bonchev–Trinajstić information content (AvgIpc) is 2.46. The molecule has 5 heteroatoms. The van der Waals surface area contributed by atoms with Crippen molar-refractivity contribution >= 4 is 17.6 Å². The van der Waals surface area contributed by atoms with Crippen LogP contribution in [0.2, 0.25) is 0 Å². The number of allylic oxidation sites excluding steroid dienone is 1. The van der Waals surface area contributed by atoms with Crippen molar-refractivity contribution in [1.29, 1.82) is 0 Å². The van der Waals surface area contributed by atoms with Crippen LogP contribution in [0.25, 0.3) is 0 Å². The third kappa shape index (κ3) is 9.21. The number of aliphatic hydroxyl groups is 1. The van der Waals surface area contributed by atoms with E-state index in [2.05, 4.69) is 14.0 Å². The summed E-state index contributed by atoms with van der Waals surface area (Å²) >= 11 is 5.46. The lowest BCUT2D eigenvalue weighted by Gasteiger charge is -2.08. The van der Waals surface area contributed by atoms with Crippen LogP contribution in [0.4, 0.5) is 0 Å². The number of unbranched alkanes of at least 4 members (excludes halogenated alkanes) is 7. The van der Waals surface area contributed by atoms with Crippen molar-refractivity contribution in [3.63, 3.8) is 0 Å². The van der Waals surface area contributed by atoms with Crippen LogP contribution in [0.15, 0.2) is 11.5 Å². The quantitative estimate of drug-likeness (QED) is 0.145. The molecule has 0 unspecified atom stereocenters. The number of quaternary nitrogens is 1. The normalized spacial score (nSPS) is 12.2. The molecule has 20 heavy (non-hydrogen) atoms. The molecule has 0 amide bonds. The SMILES string of the molecule is [CH2-][NH2+]/C(C(=O)OCCCCCCCCCC)=C(/O)CCl. The van der Waals surface area contributed by atoms with E-state index >= 15 is 0 Å². The van der Waals surface area contributed by atoms with Crippen LogP contribution in [0.1, 0.15) is 58.3 Å². The number of esters is 1. The minimum absolute atomic E-state index is 0.0552. The zero-order valence-corrected chi connectivity index (χ0v) is 13.3. The second kappa shape index (κ2) is 13.3. The molecule has 0 aliphatic carbocycles. The monoisotopic (exact) mass is 305 g/mol. The number of carbonyl (C=O) groups is 1. The van der Waals surface area contributed by atoms with E-state index in [-0.39, 0.29) is 17.3 Å². The van der Waals surface area contributed by atoms with Gasteiger partial charge in [0.15, 0.2) is 5.76 Å². The lowest BCUT2D eigenvalue weighted by atomic mass is 10.1. The van der Waals surface area contributed by atoms with Gasteiger partial charge in [-0.15, -0.1) is 18.6 Å². The highest BCUT2D eigenvalue weighted by Crippen LogP contribution is 2.08. The van der Waals surface area contributed by atoms with Crippen LogP contribution in [-0.4, -0.2) is 23.6 Å². The maximum atomic E-state index is 11.6. The summed E-state index contributed by atoms with van der Waals surface area (Å²) in [6, 6.07) is 0. The number of ether oxygens (including phenoxy) is 1. The van der Waals surface area contributed by atoms with Crippen molar-refractivity contribution in [2.75, 3.05) is 12.5 Å². The van der Waals surface area contributed by atoms with Gasteiger partial charge in [0, 0.05) is 0 Å². The molecule has 4 nitrogen and oxygen atoms in total. The first-order valence-electron chi connectivity index (χ1n) is 7.45. The van der Waals surface area contributed by atoms with Crippen molar-refractivity contribution in [1.82, 2.24) is 0 Å². The molecule has 0 atom stereocenters.